The first-order chi connectivity index (χ1) is 15.6. The number of hydrogen-bond donors (Lipinski definition) is 1. The first kappa shape index (κ1) is 19.9. The van der Waals surface area contributed by atoms with Crippen molar-refractivity contribution in [2.75, 3.05) is 10.2 Å². The zero-order chi connectivity index (χ0) is 22.1. The third kappa shape index (κ3) is 3.82. The number of fused-ring (bicyclic) bond motifs is 1. The predicted octanol–water partition coefficient (Wildman–Crippen LogP) is 3.64. The summed E-state index contributed by atoms with van der Waals surface area (Å²) in [5, 5.41) is 2.88. The molecule has 1 aliphatic heterocycles. The summed E-state index contributed by atoms with van der Waals surface area (Å²) in [6.07, 6.45) is 8.25. The van der Waals surface area contributed by atoms with Gasteiger partial charge in [0.25, 0.3) is 5.91 Å². The van der Waals surface area contributed by atoms with Gasteiger partial charge in [-0.1, -0.05) is 6.07 Å². The zero-order valence-corrected chi connectivity index (χ0v) is 17.6. The van der Waals surface area contributed by atoms with Crippen molar-refractivity contribution in [1.29, 1.82) is 0 Å². The first-order valence-electron chi connectivity index (χ1n) is 10.5. The lowest BCUT2D eigenvalue weighted by Gasteiger charge is -2.21. The van der Waals surface area contributed by atoms with E-state index >= 15 is 0 Å². The van der Waals surface area contributed by atoms with Crippen LogP contribution in [0, 0.1) is 0 Å². The molecule has 1 N–H and O–H groups in total. The van der Waals surface area contributed by atoms with Crippen LogP contribution < -0.4 is 10.2 Å². The molecule has 5 rings (SSSR count). The van der Waals surface area contributed by atoms with Crippen LogP contribution in [0.3, 0.4) is 0 Å². The molecule has 3 aromatic heterocycles. The average molecular weight is 426 g/mol. The molecule has 32 heavy (non-hydrogen) atoms. The van der Waals surface area contributed by atoms with Gasteiger partial charge in [-0.25, -0.2) is 9.97 Å². The number of hydrogen-bond acceptors (Lipinski definition) is 5. The van der Waals surface area contributed by atoms with Crippen LogP contribution in [0.4, 0.5) is 11.4 Å². The molecule has 1 aromatic carbocycles. The van der Waals surface area contributed by atoms with Gasteiger partial charge in [0, 0.05) is 42.4 Å². The monoisotopic (exact) mass is 426 g/mol. The van der Waals surface area contributed by atoms with Crippen molar-refractivity contribution in [1.82, 2.24) is 19.5 Å². The number of anilines is 2. The highest BCUT2D eigenvalue weighted by Gasteiger charge is 2.28. The number of carbonyl (C=O) groups is 2. The fourth-order valence-corrected chi connectivity index (χ4v) is 4.01. The molecule has 8 heteroatoms. The molecule has 0 bridgehead atoms. The molecular weight excluding hydrogens is 404 g/mol. The number of rotatable bonds is 5. The van der Waals surface area contributed by atoms with Crippen LogP contribution in [0.2, 0.25) is 0 Å². The third-order valence-corrected chi connectivity index (χ3v) is 5.68. The van der Waals surface area contributed by atoms with E-state index in [1.54, 1.807) is 43.1 Å². The molecule has 8 nitrogen and oxygen atoms in total. The molecule has 1 unspecified atom stereocenters. The summed E-state index contributed by atoms with van der Waals surface area (Å²) in [6.45, 7) is 2.65. The fraction of sp³-hybridized carbons (Fsp3) is 0.208. The molecule has 4 aromatic rings. The van der Waals surface area contributed by atoms with Crippen molar-refractivity contribution in [3.05, 3.63) is 78.5 Å². The lowest BCUT2D eigenvalue weighted by atomic mass is 10.2. The number of carbonyl (C=O) groups excluding carboxylic acids is 2. The van der Waals surface area contributed by atoms with E-state index in [0.717, 1.165) is 17.7 Å². The van der Waals surface area contributed by atoms with E-state index in [2.05, 4.69) is 20.3 Å². The summed E-state index contributed by atoms with van der Waals surface area (Å²) in [5.74, 6) is -0.129. The van der Waals surface area contributed by atoms with Gasteiger partial charge in [0.15, 0.2) is 5.65 Å². The van der Waals surface area contributed by atoms with Gasteiger partial charge in [-0.2, -0.15) is 0 Å². The van der Waals surface area contributed by atoms with Crippen molar-refractivity contribution in [2.45, 2.75) is 32.4 Å². The Balaban J connectivity index is 1.30. The van der Waals surface area contributed by atoms with Gasteiger partial charge in [-0.15, -0.1) is 0 Å². The second kappa shape index (κ2) is 8.22. The van der Waals surface area contributed by atoms with E-state index in [-0.39, 0.29) is 17.9 Å². The van der Waals surface area contributed by atoms with Crippen LogP contribution in [-0.4, -0.2) is 37.4 Å². The highest BCUT2D eigenvalue weighted by Crippen LogP contribution is 2.27. The van der Waals surface area contributed by atoms with Crippen molar-refractivity contribution in [3.8, 4) is 0 Å². The summed E-state index contributed by atoms with van der Waals surface area (Å²) in [4.78, 5) is 39.6. The Morgan fingerprint density at radius 3 is 2.72 bits per heavy atom. The van der Waals surface area contributed by atoms with Crippen LogP contribution in [0.5, 0.6) is 0 Å². The molecule has 1 saturated heterocycles. The first-order valence-corrected chi connectivity index (χ1v) is 10.5. The van der Waals surface area contributed by atoms with Crippen molar-refractivity contribution in [3.63, 3.8) is 0 Å². The molecule has 0 spiro atoms. The maximum absolute atomic E-state index is 12.7. The Morgan fingerprint density at radius 2 is 2.00 bits per heavy atom. The second-order valence-electron chi connectivity index (χ2n) is 7.95. The zero-order valence-electron chi connectivity index (χ0n) is 17.6. The number of nitrogens with one attached hydrogen (secondary N) is 1. The van der Waals surface area contributed by atoms with Gasteiger partial charge >= 0.3 is 0 Å². The number of amides is 2. The fourth-order valence-electron chi connectivity index (χ4n) is 4.01. The van der Waals surface area contributed by atoms with Crippen LogP contribution in [0.15, 0.2) is 67.4 Å². The van der Waals surface area contributed by atoms with E-state index in [0.29, 0.717) is 35.4 Å². The Kier molecular flexibility index (Phi) is 5.10. The quantitative estimate of drug-likeness (QED) is 0.526. The Hall–Kier alpha value is -4.07. The minimum absolute atomic E-state index is 0.136. The van der Waals surface area contributed by atoms with Gasteiger partial charge in [0.05, 0.1) is 18.4 Å². The minimum atomic E-state index is -0.264. The third-order valence-electron chi connectivity index (χ3n) is 5.68. The van der Waals surface area contributed by atoms with Crippen LogP contribution in [-0.2, 0) is 11.3 Å². The Labute approximate surface area is 184 Å². The van der Waals surface area contributed by atoms with E-state index in [1.165, 1.54) is 0 Å². The Bertz CT molecular complexity index is 1280. The summed E-state index contributed by atoms with van der Waals surface area (Å²) in [7, 11) is 0. The second-order valence-corrected chi connectivity index (χ2v) is 7.95. The molecule has 0 aliphatic carbocycles. The van der Waals surface area contributed by atoms with E-state index < -0.39 is 0 Å². The number of benzene rings is 1. The largest absolute Gasteiger partial charge is 0.322 e. The number of pyridine rings is 2. The van der Waals surface area contributed by atoms with Gasteiger partial charge in [0.2, 0.25) is 5.91 Å². The van der Waals surface area contributed by atoms with Crippen LogP contribution in [0.25, 0.3) is 11.2 Å². The molecule has 4 heterocycles. The molecule has 1 atom stereocenters. The van der Waals surface area contributed by atoms with Crippen LogP contribution in [0.1, 0.15) is 35.7 Å². The smallest absolute Gasteiger partial charge is 0.257 e. The average Bonchev–Trinajstić information content (AvgIpc) is 3.37. The van der Waals surface area contributed by atoms with E-state index in [1.807, 2.05) is 40.7 Å². The minimum Gasteiger partial charge on any atom is -0.322 e. The highest BCUT2D eigenvalue weighted by atomic mass is 16.2. The number of aromatic nitrogens is 4. The van der Waals surface area contributed by atoms with Gasteiger partial charge in [-0.3, -0.25) is 14.6 Å². The summed E-state index contributed by atoms with van der Waals surface area (Å²) in [6, 6.07) is 13.1. The molecule has 2 amide bonds. The standard InChI is InChI=1S/C24H22N6O2/c1-16-4-9-22(31)30(16)20-7-5-19(6-8-20)28-24(32)18-11-21-23(26-13-18)29(15-27-21)14-17-3-2-10-25-12-17/h2-3,5-8,10-13,15-16H,4,9,14H2,1H3,(H,28,32). The number of nitrogens with zero attached hydrogens (tertiary/aromatic N) is 5. The van der Waals surface area contributed by atoms with Gasteiger partial charge < -0.3 is 14.8 Å². The lowest BCUT2D eigenvalue weighted by molar-refractivity contribution is -0.117. The van der Waals surface area contributed by atoms with Crippen LogP contribution >= 0.6 is 0 Å². The van der Waals surface area contributed by atoms with E-state index in [4.69, 9.17) is 0 Å². The SMILES string of the molecule is CC1CCC(=O)N1c1ccc(NC(=O)c2cnc3c(c2)ncn3Cc2cccnc2)cc1. The van der Waals surface area contributed by atoms with Crippen molar-refractivity contribution in [2.24, 2.45) is 0 Å². The summed E-state index contributed by atoms with van der Waals surface area (Å²) >= 11 is 0. The van der Waals surface area contributed by atoms with Crippen molar-refractivity contribution >= 4 is 34.4 Å². The number of imidazole rings is 1. The summed E-state index contributed by atoms with van der Waals surface area (Å²) in [5.41, 5.74) is 4.33. The molecule has 1 fully saturated rings. The predicted molar refractivity (Wildman–Crippen MR) is 121 cm³/mol. The molecule has 0 radical (unpaired) electrons. The maximum atomic E-state index is 12.7. The summed E-state index contributed by atoms with van der Waals surface area (Å²) < 4.78 is 1.92. The molecule has 0 saturated carbocycles. The lowest BCUT2D eigenvalue weighted by Crippen LogP contribution is -2.30. The topological polar surface area (TPSA) is 93.0 Å². The molecule has 160 valence electrons. The van der Waals surface area contributed by atoms with Gasteiger partial charge in [0.1, 0.15) is 5.52 Å². The molecular formula is C24H22N6O2. The maximum Gasteiger partial charge on any atom is 0.257 e. The van der Waals surface area contributed by atoms with Crippen molar-refractivity contribution < 1.29 is 9.59 Å². The van der Waals surface area contributed by atoms with E-state index in [9.17, 15) is 9.59 Å². The normalized spacial score (nSPS) is 16.0. The molecule has 1 aliphatic rings. The Morgan fingerprint density at radius 1 is 1.16 bits per heavy atom. The highest BCUT2D eigenvalue weighted by molar-refractivity contribution is 6.05. The van der Waals surface area contributed by atoms with Gasteiger partial charge in [-0.05, 0) is 55.3 Å².